The summed E-state index contributed by atoms with van der Waals surface area (Å²) >= 11 is 5.69. The molecule has 0 N–H and O–H groups in total. The van der Waals surface area contributed by atoms with Crippen molar-refractivity contribution in [2.45, 2.75) is 19.8 Å². The molecule has 1 aromatic heterocycles. The zero-order valence-electron chi connectivity index (χ0n) is 9.86. The Bertz CT molecular complexity index is 480. The fourth-order valence-corrected chi connectivity index (χ4v) is 1.85. The van der Waals surface area contributed by atoms with Crippen LogP contribution in [0.15, 0.2) is 36.5 Å². The van der Waals surface area contributed by atoms with Crippen molar-refractivity contribution in [3.05, 3.63) is 47.9 Å². The van der Waals surface area contributed by atoms with Crippen LogP contribution in [0.25, 0.3) is 11.3 Å². The predicted molar refractivity (Wildman–Crippen MR) is 71.3 cm³/mol. The second kappa shape index (κ2) is 5.78. The Labute approximate surface area is 107 Å². The summed E-state index contributed by atoms with van der Waals surface area (Å²) in [6, 6.07) is 10.4. The molecule has 0 atom stereocenters. The number of benzene rings is 1. The third kappa shape index (κ3) is 3.04. The maximum absolute atomic E-state index is 5.69. The lowest BCUT2D eigenvalue weighted by atomic mass is 10.1. The van der Waals surface area contributed by atoms with Gasteiger partial charge < -0.3 is 0 Å². The average Bonchev–Trinajstić information content (AvgIpc) is 2.40. The molecule has 0 unspecified atom stereocenters. The van der Waals surface area contributed by atoms with E-state index in [4.69, 9.17) is 11.6 Å². The summed E-state index contributed by atoms with van der Waals surface area (Å²) in [4.78, 5) is 8.69. The Morgan fingerprint density at radius 1 is 1.12 bits per heavy atom. The van der Waals surface area contributed by atoms with Crippen molar-refractivity contribution in [1.29, 1.82) is 0 Å². The smallest absolute Gasteiger partial charge is 0.130 e. The Kier molecular flexibility index (Phi) is 4.10. The van der Waals surface area contributed by atoms with E-state index in [1.807, 2.05) is 6.07 Å². The summed E-state index contributed by atoms with van der Waals surface area (Å²) in [5.74, 6) is 1.36. The first-order chi connectivity index (χ1) is 8.33. The van der Waals surface area contributed by atoms with Gasteiger partial charge in [-0.15, -0.1) is 11.6 Å². The number of hydrogen-bond donors (Lipinski definition) is 0. The Hall–Kier alpha value is -1.41. The maximum Gasteiger partial charge on any atom is 0.130 e. The Morgan fingerprint density at radius 3 is 2.53 bits per heavy atom. The number of hydrogen-bond acceptors (Lipinski definition) is 2. The molecule has 0 saturated carbocycles. The zero-order chi connectivity index (χ0) is 12.1. The minimum Gasteiger partial charge on any atom is -0.241 e. The number of aryl methyl sites for hydroxylation is 2. The van der Waals surface area contributed by atoms with Crippen LogP contribution in [0.4, 0.5) is 0 Å². The van der Waals surface area contributed by atoms with Crippen LogP contribution in [0.5, 0.6) is 0 Å². The van der Waals surface area contributed by atoms with Gasteiger partial charge in [0.25, 0.3) is 0 Å². The van der Waals surface area contributed by atoms with Crippen molar-refractivity contribution in [1.82, 2.24) is 9.97 Å². The molecule has 1 heterocycles. The van der Waals surface area contributed by atoms with Crippen LogP contribution in [0, 0.1) is 0 Å². The number of rotatable bonds is 4. The highest BCUT2D eigenvalue weighted by Crippen LogP contribution is 2.17. The molecule has 0 radical (unpaired) electrons. The van der Waals surface area contributed by atoms with Crippen molar-refractivity contribution in [2.75, 3.05) is 5.88 Å². The van der Waals surface area contributed by atoms with E-state index in [2.05, 4.69) is 41.2 Å². The first-order valence-electron chi connectivity index (χ1n) is 5.80. The van der Waals surface area contributed by atoms with Gasteiger partial charge >= 0.3 is 0 Å². The van der Waals surface area contributed by atoms with Crippen LogP contribution in [0.1, 0.15) is 18.3 Å². The van der Waals surface area contributed by atoms with E-state index in [-0.39, 0.29) is 0 Å². The molecule has 0 aliphatic heterocycles. The summed E-state index contributed by atoms with van der Waals surface area (Å²) in [5.41, 5.74) is 3.42. The molecule has 0 bridgehead atoms. The summed E-state index contributed by atoms with van der Waals surface area (Å²) in [7, 11) is 0. The highest BCUT2D eigenvalue weighted by molar-refractivity contribution is 6.17. The average molecular weight is 247 g/mol. The van der Waals surface area contributed by atoms with E-state index in [1.54, 1.807) is 6.20 Å². The molecule has 0 amide bonds. The lowest BCUT2D eigenvalue weighted by Gasteiger charge is -2.04. The Balaban J connectivity index is 2.28. The van der Waals surface area contributed by atoms with Crippen molar-refractivity contribution in [2.24, 2.45) is 0 Å². The van der Waals surface area contributed by atoms with Crippen molar-refractivity contribution in [3.8, 4) is 11.3 Å². The second-order valence-corrected chi connectivity index (χ2v) is 4.23. The van der Waals surface area contributed by atoms with Gasteiger partial charge in [0.1, 0.15) is 5.82 Å². The maximum atomic E-state index is 5.69. The molecule has 2 nitrogen and oxygen atoms in total. The number of halogens is 1. The van der Waals surface area contributed by atoms with Gasteiger partial charge in [0.05, 0.1) is 5.69 Å². The van der Waals surface area contributed by atoms with Crippen LogP contribution in [-0.4, -0.2) is 15.8 Å². The number of nitrogens with zero attached hydrogens (tertiary/aromatic N) is 2. The van der Waals surface area contributed by atoms with E-state index >= 15 is 0 Å². The molecule has 1 aromatic carbocycles. The quantitative estimate of drug-likeness (QED) is 0.772. The molecule has 0 aliphatic rings. The molecule has 0 saturated heterocycles. The lowest BCUT2D eigenvalue weighted by Crippen LogP contribution is -1.97. The molecule has 2 rings (SSSR count). The van der Waals surface area contributed by atoms with E-state index in [9.17, 15) is 0 Å². The van der Waals surface area contributed by atoms with Gasteiger partial charge in [-0.2, -0.15) is 0 Å². The molecule has 0 spiro atoms. The molecule has 0 aliphatic carbocycles. The lowest BCUT2D eigenvalue weighted by molar-refractivity contribution is 0.948. The normalized spacial score (nSPS) is 10.5. The third-order valence-electron chi connectivity index (χ3n) is 2.68. The van der Waals surface area contributed by atoms with E-state index in [0.717, 1.165) is 23.5 Å². The topological polar surface area (TPSA) is 25.8 Å². The molecule has 3 heteroatoms. The minimum absolute atomic E-state index is 0.554. The zero-order valence-corrected chi connectivity index (χ0v) is 10.6. The minimum atomic E-state index is 0.554. The van der Waals surface area contributed by atoms with Gasteiger partial charge in [-0.25, -0.2) is 9.97 Å². The number of alkyl halides is 1. The van der Waals surface area contributed by atoms with Crippen LogP contribution < -0.4 is 0 Å². The summed E-state index contributed by atoms with van der Waals surface area (Å²) in [6.45, 7) is 2.15. The van der Waals surface area contributed by atoms with Crippen molar-refractivity contribution in [3.63, 3.8) is 0 Å². The van der Waals surface area contributed by atoms with Crippen LogP contribution in [0.2, 0.25) is 0 Å². The van der Waals surface area contributed by atoms with Crippen molar-refractivity contribution >= 4 is 11.6 Å². The number of aromatic nitrogens is 2. The van der Waals surface area contributed by atoms with Crippen LogP contribution in [-0.2, 0) is 12.8 Å². The van der Waals surface area contributed by atoms with Gasteiger partial charge in [0.15, 0.2) is 0 Å². The van der Waals surface area contributed by atoms with Gasteiger partial charge in [0, 0.05) is 24.1 Å². The van der Waals surface area contributed by atoms with Crippen molar-refractivity contribution < 1.29 is 0 Å². The predicted octanol–water partition coefficient (Wildman–Crippen LogP) is 3.49. The summed E-state index contributed by atoms with van der Waals surface area (Å²) in [5, 5.41) is 0. The fourth-order valence-electron chi connectivity index (χ4n) is 1.68. The second-order valence-electron chi connectivity index (χ2n) is 3.85. The largest absolute Gasteiger partial charge is 0.241 e. The SMILES string of the molecule is CCc1ccc(-c2ccnc(CCCl)n2)cc1. The Morgan fingerprint density at radius 2 is 1.88 bits per heavy atom. The van der Waals surface area contributed by atoms with E-state index in [1.165, 1.54) is 5.56 Å². The van der Waals surface area contributed by atoms with Gasteiger partial charge in [-0.3, -0.25) is 0 Å². The highest BCUT2D eigenvalue weighted by Gasteiger charge is 2.01. The van der Waals surface area contributed by atoms with Gasteiger partial charge in [0.2, 0.25) is 0 Å². The summed E-state index contributed by atoms with van der Waals surface area (Å²) in [6.07, 6.45) is 3.56. The first-order valence-corrected chi connectivity index (χ1v) is 6.34. The van der Waals surface area contributed by atoms with Gasteiger partial charge in [-0.1, -0.05) is 31.2 Å². The first kappa shape index (κ1) is 12.1. The fraction of sp³-hybridized carbons (Fsp3) is 0.286. The van der Waals surface area contributed by atoms with Gasteiger partial charge in [-0.05, 0) is 18.1 Å². The van der Waals surface area contributed by atoms with E-state index in [0.29, 0.717) is 12.3 Å². The molecule has 88 valence electrons. The highest BCUT2D eigenvalue weighted by atomic mass is 35.5. The monoisotopic (exact) mass is 246 g/mol. The molecular formula is C14H15ClN2. The molecule has 0 fully saturated rings. The molecular weight excluding hydrogens is 232 g/mol. The molecule has 2 aromatic rings. The van der Waals surface area contributed by atoms with Crippen LogP contribution in [0.3, 0.4) is 0 Å². The standard InChI is InChI=1S/C14H15ClN2/c1-2-11-3-5-12(6-4-11)13-8-10-16-14(17-13)7-9-15/h3-6,8,10H,2,7,9H2,1H3. The van der Waals surface area contributed by atoms with E-state index < -0.39 is 0 Å². The third-order valence-corrected chi connectivity index (χ3v) is 2.87. The summed E-state index contributed by atoms with van der Waals surface area (Å²) < 4.78 is 0. The molecule has 17 heavy (non-hydrogen) atoms. The van der Waals surface area contributed by atoms with Crippen LogP contribution >= 0.6 is 11.6 Å².